The first-order valence-corrected chi connectivity index (χ1v) is 10.2. The van der Waals surface area contributed by atoms with Gasteiger partial charge in [0.15, 0.2) is 12.5 Å². The molecule has 0 saturated heterocycles. The molecule has 2 aromatic carbocycles. The van der Waals surface area contributed by atoms with E-state index >= 15 is 0 Å². The number of fused-ring (bicyclic) bond motifs is 1. The lowest BCUT2D eigenvalue weighted by molar-refractivity contribution is 0.0953. The van der Waals surface area contributed by atoms with Crippen LogP contribution in [0.1, 0.15) is 30.6 Å². The number of H-pyrrole nitrogens is 1. The van der Waals surface area contributed by atoms with Gasteiger partial charge in [-0.2, -0.15) is 0 Å². The number of nitrogens with two attached hydrogens (primary N) is 1. The first-order valence-electron chi connectivity index (χ1n) is 10.2. The predicted octanol–water partition coefficient (Wildman–Crippen LogP) is 3.43. The van der Waals surface area contributed by atoms with Crippen molar-refractivity contribution in [2.75, 3.05) is 18.9 Å². The van der Waals surface area contributed by atoms with Crippen LogP contribution in [0.4, 0.5) is 10.1 Å². The zero-order valence-corrected chi connectivity index (χ0v) is 18.2. The Hall–Kier alpha value is -4.21. The standard InChI is InChI=1S/C23H24FN5O4/c1-3-9-28-22(30)19-20(27)15-6-4-5-14(21(15)29-23(19)31)16-10-13(7-8-17(16)24)32-11-18(26)33-12(2)25/h4-8,10,25-26H,3,9,11H2,1-2H3,(H,28,30)(H3,27,29,31). The molecule has 0 aliphatic carbocycles. The molecule has 0 saturated carbocycles. The predicted molar refractivity (Wildman–Crippen MR) is 125 cm³/mol. The van der Waals surface area contributed by atoms with Crippen LogP contribution < -0.4 is 21.3 Å². The quantitative estimate of drug-likeness (QED) is 0.274. The van der Waals surface area contributed by atoms with Gasteiger partial charge in [0.05, 0.1) is 11.2 Å². The molecule has 3 aromatic rings. The summed E-state index contributed by atoms with van der Waals surface area (Å²) in [6, 6.07) is 8.90. The van der Waals surface area contributed by atoms with Crippen LogP contribution in [0.25, 0.3) is 22.0 Å². The van der Waals surface area contributed by atoms with Crippen LogP contribution in [0.15, 0.2) is 41.2 Å². The molecule has 0 radical (unpaired) electrons. The Kier molecular flexibility index (Phi) is 7.07. The van der Waals surface area contributed by atoms with E-state index in [0.717, 1.165) is 0 Å². The Bertz CT molecular complexity index is 1300. The fourth-order valence-corrected chi connectivity index (χ4v) is 3.28. The summed E-state index contributed by atoms with van der Waals surface area (Å²) >= 11 is 0. The summed E-state index contributed by atoms with van der Waals surface area (Å²) in [4.78, 5) is 27.8. The van der Waals surface area contributed by atoms with Crippen LogP contribution in [0.5, 0.6) is 5.75 Å². The Labute approximate surface area is 188 Å². The smallest absolute Gasteiger partial charge is 0.263 e. The minimum absolute atomic E-state index is 0.00428. The zero-order valence-electron chi connectivity index (χ0n) is 18.2. The molecule has 10 heteroatoms. The number of pyridine rings is 1. The molecule has 172 valence electrons. The molecule has 9 nitrogen and oxygen atoms in total. The third-order valence-electron chi connectivity index (χ3n) is 4.73. The summed E-state index contributed by atoms with van der Waals surface area (Å²) in [7, 11) is 0. The summed E-state index contributed by atoms with van der Waals surface area (Å²) < 4.78 is 25.1. The van der Waals surface area contributed by atoms with E-state index in [-0.39, 0.29) is 46.5 Å². The van der Waals surface area contributed by atoms with Crippen molar-refractivity contribution in [2.24, 2.45) is 0 Å². The monoisotopic (exact) mass is 453 g/mol. The number of carbonyl (C=O) groups excluding carboxylic acids is 1. The minimum Gasteiger partial charge on any atom is -0.484 e. The second-order valence-corrected chi connectivity index (χ2v) is 7.24. The molecule has 0 bridgehead atoms. The van der Waals surface area contributed by atoms with Gasteiger partial charge in [0, 0.05) is 30.0 Å². The van der Waals surface area contributed by atoms with Gasteiger partial charge in [-0.25, -0.2) is 4.39 Å². The highest BCUT2D eigenvalue weighted by Gasteiger charge is 2.20. The number of ether oxygens (including phenoxy) is 2. The number of anilines is 1. The van der Waals surface area contributed by atoms with Crippen LogP contribution in [0.2, 0.25) is 0 Å². The van der Waals surface area contributed by atoms with Crippen LogP contribution in [0.3, 0.4) is 0 Å². The lowest BCUT2D eigenvalue weighted by Gasteiger charge is -2.14. The van der Waals surface area contributed by atoms with E-state index in [0.29, 0.717) is 23.9 Å². The summed E-state index contributed by atoms with van der Waals surface area (Å²) in [5.74, 6) is -1.31. The number of aromatic amines is 1. The Morgan fingerprint density at radius 1 is 1.21 bits per heavy atom. The van der Waals surface area contributed by atoms with Gasteiger partial charge in [-0.3, -0.25) is 20.4 Å². The molecule has 0 fully saturated rings. The van der Waals surface area contributed by atoms with Gasteiger partial charge in [0.2, 0.25) is 5.90 Å². The van der Waals surface area contributed by atoms with Gasteiger partial charge in [0.1, 0.15) is 17.1 Å². The van der Waals surface area contributed by atoms with Gasteiger partial charge in [0.25, 0.3) is 11.5 Å². The average molecular weight is 453 g/mol. The van der Waals surface area contributed by atoms with E-state index in [1.54, 1.807) is 18.2 Å². The number of hydrogen-bond donors (Lipinski definition) is 5. The number of nitrogens with one attached hydrogen (secondary N) is 4. The van der Waals surface area contributed by atoms with E-state index in [9.17, 15) is 14.0 Å². The first kappa shape index (κ1) is 23.5. The molecule has 1 heterocycles. The molecular formula is C23H24FN5O4. The average Bonchev–Trinajstić information content (AvgIpc) is 2.76. The van der Waals surface area contributed by atoms with E-state index in [4.69, 9.17) is 26.0 Å². The molecule has 0 aliphatic rings. The molecule has 1 amide bonds. The number of para-hydroxylation sites is 1. The summed E-state index contributed by atoms with van der Waals surface area (Å²) in [6.45, 7) is 3.42. The van der Waals surface area contributed by atoms with E-state index in [1.165, 1.54) is 25.1 Å². The lowest BCUT2D eigenvalue weighted by Crippen LogP contribution is -2.31. The van der Waals surface area contributed by atoms with Crippen molar-refractivity contribution in [3.8, 4) is 16.9 Å². The maximum atomic E-state index is 14.8. The highest BCUT2D eigenvalue weighted by Crippen LogP contribution is 2.33. The molecule has 0 atom stereocenters. The maximum absolute atomic E-state index is 14.8. The molecule has 33 heavy (non-hydrogen) atoms. The zero-order chi connectivity index (χ0) is 24.1. The van der Waals surface area contributed by atoms with Gasteiger partial charge in [-0.15, -0.1) is 0 Å². The second kappa shape index (κ2) is 9.94. The highest BCUT2D eigenvalue weighted by molar-refractivity contribution is 6.09. The fraction of sp³-hybridized carbons (Fsp3) is 0.217. The number of halogens is 1. The molecular weight excluding hydrogens is 429 g/mol. The van der Waals surface area contributed by atoms with E-state index < -0.39 is 17.3 Å². The summed E-state index contributed by atoms with van der Waals surface area (Å²) in [5, 5.41) is 17.9. The second-order valence-electron chi connectivity index (χ2n) is 7.24. The van der Waals surface area contributed by atoms with Crippen molar-refractivity contribution < 1.29 is 18.7 Å². The lowest BCUT2D eigenvalue weighted by atomic mass is 9.99. The van der Waals surface area contributed by atoms with Gasteiger partial charge in [-0.05, 0) is 24.6 Å². The minimum atomic E-state index is -0.679. The summed E-state index contributed by atoms with van der Waals surface area (Å²) in [5.41, 5.74) is 6.07. The van der Waals surface area contributed by atoms with Crippen molar-refractivity contribution in [2.45, 2.75) is 20.3 Å². The van der Waals surface area contributed by atoms with Crippen LogP contribution in [-0.4, -0.2) is 35.8 Å². The maximum Gasteiger partial charge on any atom is 0.263 e. The highest BCUT2D eigenvalue weighted by atomic mass is 19.1. The summed E-state index contributed by atoms with van der Waals surface area (Å²) in [6.07, 6.45) is 0.700. The first-order chi connectivity index (χ1) is 15.7. The van der Waals surface area contributed by atoms with Crippen molar-refractivity contribution >= 4 is 34.3 Å². The van der Waals surface area contributed by atoms with Crippen molar-refractivity contribution in [1.82, 2.24) is 10.3 Å². The third-order valence-corrected chi connectivity index (χ3v) is 4.73. The Morgan fingerprint density at radius 3 is 2.67 bits per heavy atom. The van der Waals surface area contributed by atoms with Gasteiger partial charge >= 0.3 is 0 Å². The number of benzene rings is 2. The van der Waals surface area contributed by atoms with E-state index in [1.807, 2.05) is 6.92 Å². The van der Waals surface area contributed by atoms with Crippen LogP contribution in [-0.2, 0) is 4.74 Å². The number of hydrogen-bond acceptors (Lipinski definition) is 7. The number of amides is 1. The van der Waals surface area contributed by atoms with Gasteiger partial charge < -0.3 is 25.5 Å². The largest absolute Gasteiger partial charge is 0.484 e. The number of carbonyl (C=O) groups is 1. The third kappa shape index (κ3) is 5.17. The van der Waals surface area contributed by atoms with Crippen molar-refractivity contribution in [1.29, 1.82) is 10.8 Å². The van der Waals surface area contributed by atoms with Crippen molar-refractivity contribution in [3.05, 3.63) is 58.1 Å². The van der Waals surface area contributed by atoms with Crippen LogP contribution in [0, 0.1) is 16.6 Å². The van der Waals surface area contributed by atoms with Crippen molar-refractivity contribution in [3.63, 3.8) is 0 Å². The number of rotatable bonds is 7. The molecule has 3 rings (SSSR count). The van der Waals surface area contributed by atoms with E-state index in [2.05, 4.69) is 10.3 Å². The van der Waals surface area contributed by atoms with Crippen LogP contribution >= 0.6 is 0 Å². The molecule has 6 N–H and O–H groups in total. The number of nitrogen functional groups attached to an aromatic ring is 1. The molecule has 0 unspecified atom stereocenters. The SMILES string of the molecule is CCCNC(=O)c1c(N)c2cccc(-c3cc(OCC(=N)OC(C)=N)ccc3F)c2[nH]c1=O. The Morgan fingerprint density at radius 2 is 1.97 bits per heavy atom. The van der Waals surface area contributed by atoms with Gasteiger partial charge in [-0.1, -0.05) is 25.1 Å². The Balaban J connectivity index is 2.04. The molecule has 0 aliphatic heterocycles. The molecule has 0 spiro atoms. The topological polar surface area (TPSA) is 154 Å². The normalized spacial score (nSPS) is 10.6. The number of aromatic nitrogens is 1. The fourth-order valence-electron chi connectivity index (χ4n) is 3.28. The molecule has 1 aromatic heterocycles.